The first-order valence-corrected chi connectivity index (χ1v) is 22.7. The van der Waals surface area contributed by atoms with Crippen molar-refractivity contribution in [2.75, 3.05) is 47.5 Å². The molecule has 55 heavy (non-hydrogen) atoms. The number of unbranched alkanes of at least 4 members (excludes halogenated alkanes) is 14. The predicted molar refractivity (Wildman–Crippen MR) is 224 cm³/mol. The number of aliphatic hydroxyl groups is 2. The highest BCUT2D eigenvalue weighted by atomic mass is 31.2. The maximum Gasteiger partial charge on any atom is 0.305 e. The summed E-state index contributed by atoms with van der Waals surface area (Å²) < 4.78 is 34.1. The zero-order valence-corrected chi connectivity index (χ0v) is 36.2. The van der Waals surface area contributed by atoms with E-state index in [0.717, 1.165) is 51.4 Å². The van der Waals surface area contributed by atoms with Gasteiger partial charge in [-0.15, -0.1) is 0 Å². The summed E-state index contributed by atoms with van der Waals surface area (Å²) in [5, 5.41) is 20.2. The van der Waals surface area contributed by atoms with E-state index in [1.165, 1.54) is 70.5 Å². The summed E-state index contributed by atoms with van der Waals surface area (Å²) in [4.78, 5) is 24.8. The Bertz CT molecular complexity index is 1100. The lowest BCUT2D eigenvalue weighted by molar-refractivity contribution is -0.870. The molecule has 1 unspecified atom stereocenters. The van der Waals surface area contributed by atoms with Crippen LogP contribution in [0.25, 0.3) is 0 Å². The summed E-state index contributed by atoms with van der Waals surface area (Å²) in [5.74, 6) is -0.469. The summed E-state index contributed by atoms with van der Waals surface area (Å²) in [6, 6.07) is 0. The fourth-order valence-electron chi connectivity index (χ4n) is 5.39. The van der Waals surface area contributed by atoms with Crippen molar-refractivity contribution in [2.24, 2.45) is 0 Å². The average Bonchev–Trinajstić information content (AvgIpc) is 3.12. The number of nitrogens with zero attached hydrogens (tertiary/aromatic N) is 1. The largest absolute Gasteiger partial charge is 0.756 e. The van der Waals surface area contributed by atoms with E-state index in [2.05, 4.69) is 13.8 Å². The van der Waals surface area contributed by atoms with Gasteiger partial charge < -0.3 is 38.1 Å². The number of carbonyl (C=O) groups is 1. The number of esters is 1. The topological polar surface area (TPSA) is 135 Å². The molecule has 0 aromatic heterocycles. The number of quaternary nitrogens is 1. The molecular formula is C44H80NO9P. The Morgan fingerprint density at radius 2 is 1.22 bits per heavy atom. The molecule has 0 amide bonds. The first-order valence-electron chi connectivity index (χ1n) is 21.3. The molecule has 0 spiro atoms. The second-order valence-electron chi connectivity index (χ2n) is 15.5. The number of hydrogen-bond donors (Lipinski definition) is 2. The van der Waals surface area contributed by atoms with Gasteiger partial charge in [0.25, 0.3) is 7.82 Å². The van der Waals surface area contributed by atoms with Crippen molar-refractivity contribution in [3.05, 3.63) is 60.9 Å². The van der Waals surface area contributed by atoms with Gasteiger partial charge in [-0.2, -0.15) is 0 Å². The highest BCUT2D eigenvalue weighted by Crippen LogP contribution is 2.38. The lowest BCUT2D eigenvalue weighted by Crippen LogP contribution is -2.37. The van der Waals surface area contributed by atoms with Gasteiger partial charge in [0, 0.05) is 6.42 Å². The Balaban J connectivity index is 4.55. The van der Waals surface area contributed by atoms with Crippen LogP contribution in [0.4, 0.5) is 0 Å². The third-order valence-electron chi connectivity index (χ3n) is 8.87. The number of allylic oxidation sites excluding steroid dienone is 7. The molecule has 4 atom stereocenters. The monoisotopic (exact) mass is 798 g/mol. The summed E-state index contributed by atoms with van der Waals surface area (Å²) in [6.45, 7) is 4.33. The fraction of sp³-hybridized carbons (Fsp3) is 0.750. The van der Waals surface area contributed by atoms with Crippen LogP contribution in [0.1, 0.15) is 149 Å². The van der Waals surface area contributed by atoms with Gasteiger partial charge in [-0.3, -0.25) is 9.36 Å². The van der Waals surface area contributed by atoms with Crippen LogP contribution in [-0.4, -0.2) is 86.5 Å². The van der Waals surface area contributed by atoms with Crippen molar-refractivity contribution in [3.8, 4) is 0 Å². The Morgan fingerprint density at radius 1 is 0.691 bits per heavy atom. The molecule has 0 bridgehead atoms. The molecule has 0 saturated heterocycles. The van der Waals surface area contributed by atoms with Gasteiger partial charge in [-0.05, 0) is 44.6 Å². The molecule has 320 valence electrons. The molecule has 0 aliphatic carbocycles. The lowest BCUT2D eigenvalue weighted by atomic mass is 10.0. The standard InChI is InChI=1S/C44H80NO9P/c1-6-8-10-11-12-13-14-15-16-17-18-22-25-29-37-51-43(40-54-55(49,50)53-38-36-45(3,4)5)39-52-44(48)35-30-34-42(47)33-28-24-21-19-20-23-27-32-41(46)31-26-9-7-2/h20-21,23-24,27-29,32-33,37,41-43,46-47H,6-19,22,25-26,30-31,34-36,38-40H2,1-5H3/b23-20-,24-21-,32-27+,33-28+,37-29+/t41-,42-,43+/m0/s1. The molecular weight excluding hydrogens is 717 g/mol. The van der Waals surface area contributed by atoms with Crippen molar-refractivity contribution in [2.45, 2.75) is 167 Å². The van der Waals surface area contributed by atoms with Crippen LogP contribution in [0.3, 0.4) is 0 Å². The maximum absolute atomic E-state index is 12.5. The second kappa shape index (κ2) is 36.3. The predicted octanol–water partition coefficient (Wildman–Crippen LogP) is 9.81. The highest BCUT2D eigenvalue weighted by molar-refractivity contribution is 7.45. The molecule has 0 heterocycles. The molecule has 0 saturated carbocycles. The van der Waals surface area contributed by atoms with Gasteiger partial charge in [0.05, 0.1) is 46.2 Å². The fourth-order valence-corrected chi connectivity index (χ4v) is 6.12. The SMILES string of the molecule is CCCCCCCCCCCCCC/C=C/O[C@H](COC(=O)CCC[C@@H](O)/C=C/C=C\C/C=C\C=C\[C@@H](O)CCCCC)COP(=O)([O-])OCC[N+](C)(C)C. The van der Waals surface area contributed by atoms with Crippen LogP contribution < -0.4 is 4.89 Å². The first kappa shape index (κ1) is 53.0. The number of hydrogen-bond acceptors (Lipinski definition) is 9. The normalized spacial score (nSPS) is 15.5. The van der Waals surface area contributed by atoms with E-state index in [4.69, 9.17) is 18.5 Å². The summed E-state index contributed by atoms with van der Waals surface area (Å²) in [5.41, 5.74) is 0. The molecule has 0 aromatic carbocycles. The zero-order valence-electron chi connectivity index (χ0n) is 35.3. The minimum Gasteiger partial charge on any atom is -0.756 e. The van der Waals surface area contributed by atoms with Crippen LogP contribution in [0.5, 0.6) is 0 Å². The molecule has 0 rings (SSSR count). The van der Waals surface area contributed by atoms with Gasteiger partial charge in [-0.25, -0.2) is 0 Å². The highest BCUT2D eigenvalue weighted by Gasteiger charge is 2.19. The van der Waals surface area contributed by atoms with Gasteiger partial charge >= 0.3 is 5.97 Å². The second-order valence-corrected chi connectivity index (χ2v) is 16.9. The summed E-state index contributed by atoms with van der Waals surface area (Å²) in [6.07, 6.45) is 38.3. The van der Waals surface area contributed by atoms with E-state index < -0.39 is 32.1 Å². The van der Waals surface area contributed by atoms with Crippen LogP contribution in [0, 0.1) is 0 Å². The Hall–Kier alpha value is -2.04. The van der Waals surface area contributed by atoms with Crippen LogP contribution in [-0.2, 0) is 27.9 Å². The molecule has 11 heteroatoms. The molecule has 0 radical (unpaired) electrons. The van der Waals surface area contributed by atoms with E-state index in [9.17, 15) is 24.5 Å². The number of aliphatic hydroxyl groups excluding tert-OH is 2. The van der Waals surface area contributed by atoms with Crippen molar-refractivity contribution in [1.82, 2.24) is 0 Å². The minimum atomic E-state index is -4.57. The van der Waals surface area contributed by atoms with Gasteiger partial charge in [0.15, 0.2) is 6.10 Å². The van der Waals surface area contributed by atoms with E-state index in [-0.39, 0.29) is 26.2 Å². The van der Waals surface area contributed by atoms with Gasteiger partial charge in [-0.1, -0.05) is 152 Å². The number of phosphoric acid groups is 1. The van der Waals surface area contributed by atoms with Crippen molar-refractivity contribution in [1.29, 1.82) is 0 Å². The van der Waals surface area contributed by atoms with Crippen molar-refractivity contribution >= 4 is 13.8 Å². The van der Waals surface area contributed by atoms with Gasteiger partial charge in [0.1, 0.15) is 19.8 Å². The third kappa shape index (κ3) is 40.0. The number of ether oxygens (including phenoxy) is 2. The molecule has 0 aliphatic heterocycles. The minimum absolute atomic E-state index is 0.0119. The van der Waals surface area contributed by atoms with E-state index >= 15 is 0 Å². The quantitative estimate of drug-likeness (QED) is 0.0156. The Kier molecular flexibility index (Phi) is 35.0. The zero-order chi connectivity index (χ0) is 40.9. The molecule has 2 N–H and O–H groups in total. The third-order valence-corrected chi connectivity index (χ3v) is 9.83. The van der Waals surface area contributed by atoms with Crippen LogP contribution in [0.15, 0.2) is 60.9 Å². The molecule has 0 aromatic rings. The average molecular weight is 798 g/mol. The Morgan fingerprint density at radius 3 is 1.78 bits per heavy atom. The first-order chi connectivity index (χ1) is 26.4. The van der Waals surface area contributed by atoms with Crippen LogP contribution >= 0.6 is 7.82 Å². The molecule has 0 fully saturated rings. The smallest absolute Gasteiger partial charge is 0.305 e. The van der Waals surface area contributed by atoms with Crippen molar-refractivity contribution < 1.29 is 47.5 Å². The van der Waals surface area contributed by atoms with Gasteiger partial charge in [0.2, 0.25) is 0 Å². The van der Waals surface area contributed by atoms with E-state index in [1.54, 1.807) is 18.2 Å². The molecule has 0 aliphatic rings. The number of phosphoric ester groups is 1. The maximum atomic E-state index is 12.5. The lowest BCUT2D eigenvalue weighted by Gasteiger charge is -2.28. The summed E-state index contributed by atoms with van der Waals surface area (Å²) in [7, 11) is 1.23. The summed E-state index contributed by atoms with van der Waals surface area (Å²) >= 11 is 0. The molecule has 10 nitrogen and oxygen atoms in total. The van der Waals surface area contributed by atoms with E-state index in [1.807, 2.05) is 57.6 Å². The van der Waals surface area contributed by atoms with Crippen molar-refractivity contribution in [3.63, 3.8) is 0 Å². The van der Waals surface area contributed by atoms with Crippen LogP contribution in [0.2, 0.25) is 0 Å². The van der Waals surface area contributed by atoms with E-state index in [0.29, 0.717) is 23.9 Å². The number of likely N-dealkylation sites (N-methyl/N-ethyl adjacent to an activating group) is 1. The Labute approximate surface area is 336 Å². The number of rotatable bonds is 38. The number of carbonyl (C=O) groups excluding carboxylic acids is 1.